The van der Waals surface area contributed by atoms with Crippen molar-refractivity contribution in [1.82, 2.24) is 24.9 Å². The number of halogens is 1. The number of aliphatic hydroxyl groups is 1. The fraction of sp³-hybridized carbons (Fsp3) is 0.182. The topological polar surface area (TPSA) is 118 Å². The number of nitrogens with two attached hydrogens (primary N) is 1. The molecule has 0 fully saturated rings. The van der Waals surface area contributed by atoms with Gasteiger partial charge in [0.05, 0.1) is 11.8 Å². The van der Waals surface area contributed by atoms with Crippen molar-refractivity contribution < 1.29 is 9.90 Å². The number of nitrogens with one attached hydrogen (secondary N) is 1. The maximum atomic E-state index is 12.7. The highest BCUT2D eigenvalue weighted by Crippen LogP contribution is 2.22. The molecule has 1 atom stereocenters. The average molecular weight is 437 g/mol. The summed E-state index contributed by atoms with van der Waals surface area (Å²) in [4.78, 5) is 21.3. The number of pyridine rings is 2. The van der Waals surface area contributed by atoms with Crippen LogP contribution in [0.1, 0.15) is 34.0 Å². The first-order valence-corrected chi connectivity index (χ1v) is 10.1. The number of benzene rings is 1. The molecule has 31 heavy (non-hydrogen) atoms. The van der Waals surface area contributed by atoms with Crippen molar-refractivity contribution in [3.63, 3.8) is 0 Å². The van der Waals surface area contributed by atoms with Gasteiger partial charge in [0.2, 0.25) is 5.95 Å². The molecule has 3 heterocycles. The van der Waals surface area contributed by atoms with Crippen molar-refractivity contribution in [2.24, 2.45) is 0 Å². The molecule has 0 unspecified atom stereocenters. The first-order chi connectivity index (χ1) is 14.9. The predicted octanol–water partition coefficient (Wildman–Crippen LogP) is 3.19. The minimum atomic E-state index is -0.686. The second kappa shape index (κ2) is 8.71. The fourth-order valence-electron chi connectivity index (χ4n) is 3.25. The van der Waals surface area contributed by atoms with E-state index in [0.29, 0.717) is 34.9 Å². The predicted molar refractivity (Wildman–Crippen MR) is 119 cm³/mol. The summed E-state index contributed by atoms with van der Waals surface area (Å²) in [5.74, 6) is -0.0351. The van der Waals surface area contributed by atoms with Crippen LogP contribution in [0.2, 0.25) is 5.02 Å². The van der Waals surface area contributed by atoms with Crippen molar-refractivity contribution in [3.05, 3.63) is 76.6 Å². The molecule has 8 nitrogen and oxygen atoms in total. The number of hydrogen-bond donors (Lipinski definition) is 3. The van der Waals surface area contributed by atoms with Gasteiger partial charge < -0.3 is 16.2 Å². The maximum Gasteiger partial charge on any atom is 0.251 e. The number of amides is 1. The molecule has 0 saturated carbocycles. The molecule has 9 heteroatoms. The van der Waals surface area contributed by atoms with Crippen molar-refractivity contribution in [2.75, 3.05) is 12.3 Å². The Labute approximate surface area is 183 Å². The van der Waals surface area contributed by atoms with E-state index in [1.807, 2.05) is 19.1 Å². The number of carbonyl (C=O) groups is 1. The highest BCUT2D eigenvalue weighted by Gasteiger charge is 2.14. The van der Waals surface area contributed by atoms with Gasteiger partial charge in [0.15, 0.2) is 5.65 Å². The van der Waals surface area contributed by atoms with Crippen molar-refractivity contribution in [1.29, 1.82) is 0 Å². The molecule has 4 rings (SSSR count). The van der Waals surface area contributed by atoms with Crippen molar-refractivity contribution >= 4 is 29.1 Å². The molecular weight excluding hydrogens is 416 g/mol. The third kappa shape index (κ3) is 4.65. The second-order valence-electron chi connectivity index (χ2n) is 7.18. The monoisotopic (exact) mass is 436 g/mol. The molecule has 3 aromatic heterocycles. The number of aromatic nitrogens is 4. The smallest absolute Gasteiger partial charge is 0.251 e. The highest BCUT2D eigenvalue weighted by molar-refractivity contribution is 6.30. The normalized spacial score (nSPS) is 12.1. The number of aryl methyl sites for hydroxylation is 1. The number of rotatable bonds is 6. The zero-order valence-corrected chi connectivity index (χ0v) is 17.5. The van der Waals surface area contributed by atoms with Gasteiger partial charge in [0.1, 0.15) is 0 Å². The first-order valence-electron chi connectivity index (χ1n) is 9.71. The molecular formula is C22H21ClN6O2. The second-order valence-corrected chi connectivity index (χ2v) is 7.62. The van der Waals surface area contributed by atoms with E-state index < -0.39 is 6.10 Å². The number of anilines is 1. The van der Waals surface area contributed by atoms with Crippen LogP contribution in [0.25, 0.3) is 16.9 Å². The molecule has 0 aliphatic rings. The van der Waals surface area contributed by atoms with Crippen LogP contribution in [0.15, 0.2) is 54.9 Å². The molecule has 0 aliphatic heterocycles. The Morgan fingerprint density at radius 1 is 1.26 bits per heavy atom. The van der Waals surface area contributed by atoms with Gasteiger partial charge in [-0.15, -0.1) is 5.10 Å². The summed E-state index contributed by atoms with van der Waals surface area (Å²) in [6.45, 7) is 2.15. The zero-order chi connectivity index (χ0) is 22.0. The van der Waals surface area contributed by atoms with Gasteiger partial charge in [-0.3, -0.25) is 9.78 Å². The van der Waals surface area contributed by atoms with Crippen LogP contribution in [0.4, 0.5) is 5.95 Å². The van der Waals surface area contributed by atoms with Gasteiger partial charge >= 0.3 is 0 Å². The van der Waals surface area contributed by atoms with E-state index in [9.17, 15) is 9.90 Å². The van der Waals surface area contributed by atoms with E-state index in [1.54, 1.807) is 47.2 Å². The Morgan fingerprint density at radius 3 is 2.81 bits per heavy atom. The number of aliphatic hydroxyl groups excluding tert-OH is 1. The average Bonchev–Trinajstić information content (AvgIpc) is 3.13. The Bertz CT molecular complexity index is 1240. The first kappa shape index (κ1) is 20.8. The summed E-state index contributed by atoms with van der Waals surface area (Å²) in [6.07, 6.45) is 3.10. The van der Waals surface area contributed by atoms with E-state index in [0.717, 1.165) is 16.7 Å². The van der Waals surface area contributed by atoms with E-state index in [-0.39, 0.29) is 11.9 Å². The Kier molecular flexibility index (Phi) is 5.83. The maximum absolute atomic E-state index is 12.7. The molecule has 4 N–H and O–H groups in total. The van der Waals surface area contributed by atoms with Crippen molar-refractivity contribution in [3.8, 4) is 11.3 Å². The molecule has 1 amide bonds. The van der Waals surface area contributed by atoms with Crippen LogP contribution >= 0.6 is 11.6 Å². The summed E-state index contributed by atoms with van der Waals surface area (Å²) in [5, 5.41) is 17.8. The van der Waals surface area contributed by atoms with E-state index in [4.69, 9.17) is 17.3 Å². The van der Waals surface area contributed by atoms with Crippen LogP contribution < -0.4 is 11.1 Å². The molecule has 0 spiro atoms. The molecule has 0 aliphatic carbocycles. The minimum Gasteiger partial charge on any atom is -0.388 e. The Hall–Kier alpha value is -3.49. The Morgan fingerprint density at radius 2 is 2.03 bits per heavy atom. The van der Waals surface area contributed by atoms with Crippen LogP contribution in [0.5, 0.6) is 0 Å². The lowest BCUT2D eigenvalue weighted by atomic mass is 10.1. The van der Waals surface area contributed by atoms with Crippen LogP contribution in [-0.4, -0.2) is 37.1 Å². The lowest BCUT2D eigenvalue weighted by Crippen LogP contribution is -2.26. The van der Waals surface area contributed by atoms with Gasteiger partial charge in [0.25, 0.3) is 5.91 Å². The SMILES string of the molecule is Cc1cnc(-c2ccn3nc(N)nc3c2)cc1C(=O)NCC[C@@H](O)c1ccc(Cl)cc1. The number of nitrogen functional groups attached to an aromatic ring is 1. The van der Waals surface area contributed by atoms with Crippen molar-refractivity contribution in [2.45, 2.75) is 19.4 Å². The highest BCUT2D eigenvalue weighted by atomic mass is 35.5. The Balaban J connectivity index is 1.45. The number of nitrogens with zero attached hydrogens (tertiary/aromatic N) is 4. The molecule has 0 bridgehead atoms. The van der Waals surface area contributed by atoms with Gasteiger partial charge in [-0.05, 0) is 54.8 Å². The fourth-order valence-corrected chi connectivity index (χ4v) is 3.38. The summed E-state index contributed by atoms with van der Waals surface area (Å²) in [6, 6.07) is 12.4. The summed E-state index contributed by atoms with van der Waals surface area (Å²) in [7, 11) is 0. The minimum absolute atomic E-state index is 0.190. The van der Waals surface area contributed by atoms with Crippen LogP contribution in [-0.2, 0) is 0 Å². The number of fused-ring (bicyclic) bond motifs is 1. The number of carbonyl (C=O) groups excluding carboxylic acids is 1. The third-order valence-electron chi connectivity index (χ3n) is 4.96. The summed E-state index contributed by atoms with van der Waals surface area (Å²) >= 11 is 5.87. The lowest BCUT2D eigenvalue weighted by Gasteiger charge is -2.13. The quantitative estimate of drug-likeness (QED) is 0.427. The standard InChI is InChI=1S/C22H21ClN6O2/c1-13-12-26-18(15-7-9-29-20(10-15)27-22(24)28-29)11-17(13)21(31)25-8-6-19(30)14-2-4-16(23)5-3-14/h2-5,7,9-12,19,30H,6,8H2,1H3,(H2,24,28)(H,25,31)/t19-/m1/s1. The summed E-state index contributed by atoms with van der Waals surface area (Å²) < 4.78 is 1.58. The van der Waals surface area contributed by atoms with E-state index in [2.05, 4.69) is 20.4 Å². The molecule has 1 aromatic carbocycles. The van der Waals surface area contributed by atoms with Gasteiger partial charge in [0, 0.05) is 35.1 Å². The largest absolute Gasteiger partial charge is 0.388 e. The van der Waals surface area contributed by atoms with Gasteiger partial charge in [-0.25, -0.2) is 4.52 Å². The zero-order valence-electron chi connectivity index (χ0n) is 16.8. The van der Waals surface area contributed by atoms with Crippen LogP contribution in [0, 0.1) is 6.92 Å². The molecule has 0 radical (unpaired) electrons. The summed E-state index contributed by atoms with van der Waals surface area (Å²) in [5.41, 5.74) is 9.71. The third-order valence-corrected chi connectivity index (χ3v) is 5.21. The van der Waals surface area contributed by atoms with E-state index >= 15 is 0 Å². The molecule has 0 saturated heterocycles. The van der Waals surface area contributed by atoms with E-state index in [1.165, 1.54) is 0 Å². The van der Waals surface area contributed by atoms with Gasteiger partial charge in [-0.2, -0.15) is 4.98 Å². The van der Waals surface area contributed by atoms with Crippen LogP contribution in [0.3, 0.4) is 0 Å². The number of hydrogen-bond acceptors (Lipinski definition) is 6. The van der Waals surface area contributed by atoms with Gasteiger partial charge in [-0.1, -0.05) is 23.7 Å². The molecule has 4 aromatic rings. The lowest BCUT2D eigenvalue weighted by molar-refractivity contribution is 0.0942. The molecule has 158 valence electrons.